The van der Waals surface area contributed by atoms with Gasteiger partial charge in [0, 0.05) is 59.9 Å². The van der Waals surface area contributed by atoms with Crippen molar-refractivity contribution in [1.82, 2.24) is 0 Å². The number of rotatable bonds is 13. The Bertz CT molecular complexity index is 2250. The van der Waals surface area contributed by atoms with Crippen LogP contribution in [0.4, 0.5) is 0 Å². The first-order valence-electron chi connectivity index (χ1n) is 18.6. The van der Waals surface area contributed by atoms with E-state index in [4.69, 9.17) is 60.9 Å². The molecule has 0 spiro atoms. The summed E-state index contributed by atoms with van der Waals surface area (Å²) in [5, 5.41) is 11.5. The topological polar surface area (TPSA) is 285 Å². The number of furan rings is 1. The zero-order valence-corrected chi connectivity index (χ0v) is 34.4. The van der Waals surface area contributed by atoms with Crippen LogP contribution in [0.1, 0.15) is 59.8 Å². The number of aromatic hydroxyl groups is 1. The molecule has 3 aromatic rings. The smallest absolute Gasteiger partial charge is 0.347 e. The van der Waals surface area contributed by atoms with Gasteiger partial charge in [0.1, 0.15) is 48.3 Å². The van der Waals surface area contributed by atoms with E-state index >= 15 is 0 Å². The number of phenols is 1. The van der Waals surface area contributed by atoms with Crippen molar-refractivity contribution >= 4 is 63.7 Å². The summed E-state index contributed by atoms with van der Waals surface area (Å²) in [5.74, 6) is -7.10. The molecule has 2 aliphatic heterocycles. The average Bonchev–Trinajstić information content (AvgIpc) is 3.49. The van der Waals surface area contributed by atoms with E-state index < -0.39 is 134 Å². The minimum atomic E-state index is -1.91. The molecule has 332 valence electrons. The molecular formula is C39H44O22. The SMILES string of the molecule is CC(=O)OC[C@H]1O[C@@H](O[C@H]2[C@H](OC(C)=O)[C@@H](OC(C)=O)[C@H](Oc3c(O)c(C)cc4c3oc3cc(C)oc(=O)c34)O[C@@H]2COC(C)=O)[C@H](OC(C)=O)[C@@H](OC(C)=O)[C@H]1OC(C)=O. The van der Waals surface area contributed by atoms with Crippen molar-refractivity contribution in [3.8, 4) is 11.5 Å². The molecule has 0 amide bonds. The molecule has 61 heavy (non-hydrogen) atoms. The molecule has 10 atom stereocenters. The summed E-state index contributed by atoms with van der Waals surface area (Å²) in [6.45, 7) is 8.86. The highest BCUT2D eigenvalue weighted by molar-refractivity contribution is 6.07. The molecule has 0 bridgehead atoms. The van der Waals surface area contributed by atoms with Crippen molar-refractivity contribution in [1.29, 1.82) is 0 Å². The number of esters is 7. The molecule has 2 aliphatic rings. The van der Waals surface area contributed by atoms with Crippen LogP contribution in [-0.2, 0) is 80.9 Å². The number of fused-ring (bicyclic) bond motifs is 3. The second kappa shape index (κ2) is 19.0. The number of hydrogen-bond donors (Lipinski definition) is 1. The number of benzene rings is 1. The molecule has 0 unspecified atom stereocenters. The maximum Gasteiger partial charge on any atom is 0.347 e. The minimum absolute atomic E-state index is 0.0125. The van der Waals surface area contributed by atoms with Gasteiger partial charge in [-0.05, 0) is 25.5 Å². The molecule has 2 saturated heterocycles. The number of ether oxygens (including phenoxy) is 11. The lowest BCUT2D eigenvalue weighted by Gasteiger charge is -2.48. The van der Waals surface area contributed by atoms with E-state index in [2.05, 4.69) is 0 Å². The molecule has 2 fully saturated rings. The Morgan fingerprint density at radius 3 is 1.57 bits per heavy atom. The van der Waals surface area contributed by atoms with E-state index in [1.807, 2.05) is 0 Å². The summed E-state index contributed by atoms with van der Waals surface area (Å²) in [4.78, 5) is 99.9. The normalized spacial score (nSPS) is 26.1. The van der Waals surface area contributed by atoms with Crippen molar-refractivity contribution in [3.05, 3.63) is 33.9 Å². The minimum Gasteiger partial charge on any atom is -0.504 e. The first-order chi connectivity index (χ1) is 28.6. The van der Waals surface area contributed by atoms with Crippen LogP contribution < -0.4 is 10.4 Å². The summed E-state index contributed by atoms with van der Waals surface area (Å²) < 4.78 is 74.4. The fourth-order valence-corrected chi connectivity index (χ4v) is 6.86. The maximum atomic E-state index is 12.9. The molecule has 0 aliphatic carbocycles. The lowest BCUT2D eigenvalue weighted by Crippen LogP contribution is -2.67. The first-order valence-corrected chi connectivity index (χ1v) is 18.6. The Morgan fingerprint density at radius 1 is 0.590 bits per heavy atom. The van der Waals surface area contributed by atoms with Gasteiger partial charge in [0.15, 0.2) is 42.0 Å². The van der Waals surface area contributed by atoms with Crippen molar-refractivity contribution < 1.29 is 99.6 Å². The zero-order chi connectivity index (χ0) is 45.0. The van der Waals surface area contributed by atoms with Crippen molar-refractivity contribution in [2.24, 2.45) is 0 Å². The molecule has 5 rings (SSSR count). The second-order valence-corrected chi connectivity index (χ2v) is 14.0. The third-order valence-electron chi connectivity index (χ3n) is 9.04. The van der Waals surface area contributed by atoms with Crippen molar-refractivity contribution in [2.45, 2.75) is 124 Å². The molecule has 1 N–H and O–H groups in total. The highest BCUT2D eigenvalue weighted by Crippen LogP contribution is 2.44. The van der Waals surface area contributed by atoms with Crippen molar-refractivity contribution in [3.63, 3.8) is 0 Å². The van der Waals surface area contributed by atoms with Crippen LogP contribution in [0.5, 0.6) is 11.5 Å². The first kappa shape index (κ1) is 45.8. The molecule has 0 saturated carbocycles. The van der Waals surface area contributed by atoms with E-state index in [1.165, 1.54) is 26.0 Å². The van der Waals surface area contributed by atoms with Gasteiger partial charge in [0.25, 0.3) is 0 Å². The summed E-state index contributed by atoms with van der Waals surface area (Å²) in [7, 11) is 0. The van der Waals surface area contributed by atoms with Crippen LogP contribution in [0.3, 0.4) is 0 Å². The predicted octanol–water partition coefficient (Wildman–Crippen LogP) is 1.86. The summed E-state index contributed by atoms with van der Waals surface area (Å²) in [6.07, 6.45) is -17.3. The Labute approximate surface area is 345 Å². The van der Waals surface area contributed by atoms with Crippen molar-refractivity contribution in [2.75, 3.05) is 13.2 Å². The van der Waals surface area contributed by atoms with Crippen LogP contribution in [0.2, 0.25) is 0 Å². The van der Waals surface area contributed by atoms with Gasteiger partial charge in [-0.25, -0.2) is 4.79 Å². The zero-order valence-electron chi connectivity index (χ0n) is 34.4. The van der Waals surface area contributed by atoms with Crippen LogP contribution in [0, 0.1) is 13.8 Å². The van der Waals surface area contributed by atoms with Gasteiger partial charge in [-0.3, -0.25) is 33.6 Å². The number of phenolic OH excluding ortho intramolecular Hbond substituents is 1. The molecular weight excluding hydrogens is 820 g/mol. The van der Waals surface area contributed by atoms with Gasteiger partial charge < -0.3 is 66.0 Å². The third kappa shape index (κ3) is 10.7. The number of carbonyl (C=O) groups excluding carboxylic acids is 7. The van der Waals surface area contributed by atoms with E-state index in [-0.39, 0.29) is 33.3 Å². The van der Waals surface area contributed by atoms with Crippen LogP contribution >= 0.6 is 0 Å². The van der Waals surface area contributed by atoms with Gasteiger partial charge in [-0.1, -0.05) is 0 Å². The Balaban J connectivity index is 1.66. The quantitative estimate of drug-likeness (QED) is 0.189. The summed E-state index contributed by atoms with van der Waals surface area (Å²) >= 11 is 0. The monoisotopic (exact) mass is 864 g/mol. The van der Waals surface area contributed by atoms with Crippen LogP contribution in [0.25, 0.3) is 21.9 Å². The number of aryl methyl sites for hydroxylation is 2. The van der Waals surface area contributed by atoms with E-state index in [1.54, 1.807) is 0 Å². The highest BCUT2D eigenvalue weighted by Gasteiger charge is 2.58. The fraction of sp³-hybridized carbons (Fsp3) is 0.538. The summed E-state index contributed by atoms with van der Waals surface area (Å²) in [6, 6.07) is 2.89. The molecule has 0 radical (unpaired) electrons. The third-order valence-corrected chi connectivity index (χ3v) is 9.04. The Hall–Kier alpha value is -6.26. The largest absolute Gasteiger partial charge is 0.504 e. The Kier molecular flexibility index (Phi) is 14.3. The van der Waals surface area contributed by atoms with Gasteiger partial charge in [0.2, 0.25) is 18.1 Å². The lowest BCUT2D eigenvalue weighted by atomic mass is 9.96. The Morgan fingerprint density at radius 2 is 1.05 bits per heavy atom. The van der Waals surface area contributed by atoms with Gasteiger partial charge in [-0.15, -0.1) is 0 Å². The van der Waals surface area contributed by atoms with E-state index in [0.29, 0.717) is 0 Å². The summed E-state index contributed by atoms with van der Waals surface area (Å²) in [5.41, 5.74) is -0.668. The molecule has 1 aromatic carbocycles. The van der Waals surface area contributed by atoms with Gasteiger partial charge in [-0.2, -0.15) is 0 Å². The molecule has 22 heteroatoms. The predicted molar refractivity (Wildman–Crippen MR) is 197 cm³/mol. The maximum absolute atomic E-state index is 12.9. The molecule has 22 nitrogen and oxygen atoms in total. The number of hydrogen-bond acceptors (Lipinski definition) is 22. The average molecular weight is 865 g/mol. The van der Waals surface area contributed by atoms with Crippen LogP contribution in [0.15, 0.2) is 25.8 Å². The molecule has 4 heterocycles. The fourth-order valence-electron chi connectivity index (χ4n) is 6.86. The van der Waals surface area contributed by atoms with E-state index in [0.717, 1.165) is 48.5 Å². The van der Waals surface area contributed by atoms with Crippen LogP contribution in [-0.4, -0.2) is 122 Å². The second-order valence-electron chi connectivity index (χ2n) is 14.0. The highest BCUT2D eigenvalue weighted by atomic mass is 16.8. The standard InChI is InChI=1S/C39H44O22/c1-14-10-23-27-24(11-15(2)51-37(27)48)57-29(23)32(28(14)47)61-39-36(56-22(9)46)34(54-20(7)44)31(26(59-39)13-50-17(4)41)60-38-35(55-21(8)45)33(53-19(6)43)30(52-18(5)42)25(58-38)12-49-16(3)40/h10-11,25-26,30-31,33-36,38-39,47H,12-13H2,1-9H3/t25-,26-,30+,31-,33+,34+,35-,36-,38+,39+/m1/s1. The molecule has 2 aromatic heterocycles. The van der Waals surface area contributed by atoms with Gasteiger partial charge >= 0.3 is 47.4 Å². The van der Waals surface area contributed by atoms with E-state index in [9.17, 15) is 43.5 Å². The number of carbonyl (C=O) groups is 7. The van der Waals surface area contributed by atoms with Gasteiger partial charge in [0.05, 0.1) is 0 Å². The lowest BCUT2D eigenvalue weighted by molar-refractivity contribution is -0.354.